The van der Waals surface area contributed by atoms with Gasteiger partial charge in [0.2, 0.25) is 5.91 Å². The normalized spacial score (nSPS) is 25.5. The minimum absolute atomic E-state index is 0.148. The molecule has 1 amide bonds. The summed E-state index contributed by atoms with van der Waals surface area (Å²) in [6.07, 6.45) is 2.07. The standard InChI is InChI=1S/C16H23N3O2/c1-2-21-15-6-5-12(17)8-11(15)10-19-7-3-4-13-14(19)9-18-16(13)20/h5-6,8,13-14H,2-4,7,9-10,17H2,1H3,(H,18,20). The number of carbonyl (C=O) groups is 1. The lowest BCUT2D eigenvalue weighted by molar-refractivity contribution is -0.124. The highest BCUT2D eigenvalue weighted by Crippen LogP contribution is 2.31. The molecule has 0 bridgehead atoms. The van der Waals surface area contributed by atoms with E-state index < -0.39 is 0 Å². The van der Waals surface area contributed by atoms with Crippen LogP contribution in [0.4, 0.5) is 5.69 Å². The first-order valence-corrected chi connectivity index (χ1v) is 7.72. The first-order chi connectivity index (χ1) is 10.2. The Labute approximate surface area is 125 Å². The Kier molecular flexibility index (Phi) is 4.01. The van der Waals surface area contributed by atoms with Crippen molar-refractivity contribution in [1.82, 2.24) is 10.2 Å². The summed E-state index contributed by atoms with van der Waals surface area (Å²) in [4.78, 5) is 14.2. The Bertz CT molecular complexity index is 532. The van der Waals surface area contributed by atoms with Crippen molar-refractivity contribution in [3.8, 4) is 5.75 Å². The minimum Gasteiger partial charge on any atom is -0.494 e. The number of piperidine rings is 1. The van der Waals surface area contributed by atoms with Gasteiger partial charge in [-0.25, -0.2) is 0 Å². The summed E-state index contributed by atoms with van der Waals surface area (Å²) in [7, 11) is 0. The van der Waals surface area contributed by atoms with E-state index in [2.05, 4.69) is 10.2 Å². The van der Waals surface area contributed by atoms with Crippen LogP contribution in [0.15, 0.2) is 18.2 Å². The molecule has 0 spiro atoms. The lowest BCUT2D eigenvalue weighted by Crippen LogP contribution is -2.44. The van der Waals surface area contributed by atoms with Crippen molar-refractivity contribution in [1.29, 1.82) is 0 Å². The maximum absolute atomic E-state index is 11.8. The van der Waals surface area contributed by atoms with Crippen LogP contribution in [0.3, 0.4) is 0 Å². The van der Waals surface area contributed by atoms with Crippen molar-refractivity contribution >= 4 is 11.6 Å². The number of nitrogens with two attached hydrogens (primary N) is 1. The molecule has 0 saturated carbocycles. The van der Waals surface area contributed by atoms with Gasteiger partial charge in [-0.15, -0.1) is 0 Å². The van der Waals surface area contributed by atoms with Crippen LogP contribution in [0.25, 0.3) is 0 Å². The van der Waals surface area contributed by atoms with E-state index in [4.69, 9.17) is 10.5 Å². The third-order valence-electron chi connectivity index (χ3n) is 4.47. The SMILES string of the molecule is CCOc1ccc(N)cc1CN1CCCC2C(=O)NCC21. The quantitative estimate of drug-likeness (QED) is 0.822. The van der Waals surface area contributed by atoms with Gasteiger partial charge in [-0.1, -0.05) is 0 Å². The van der Waals surface area contributed by atoms with Crippen molar-refractivity contribution in [3.63, 3.8) is 0 Å². The van der Waals surface area contributed by atoms with Gasteiger partial charge >= 0.3 is 0 Å². The van der Waals surface area contributed by atoms with Crippen molar-refractivity contribution in [2.24, 2.45) is 5.92 Å². The van der Waals surface area contributed by atoms with Gasteiger partial charge < -0.3 is 15.8 Å². The number of anilines is 1. The number of nitrogens with one attached hydrogen (secondary N) is 1. The van der Waals surface area contributed by atoms with Crippen LogP contribution in [-0.2, 0) is 11.3 Å². The van der Waals surface area contributed by atoms with Gasteiger partial charge in [0.15, 0.2) is 0 Å². The number of hydrogen-bond acceptors (Lipinski definition) is 4. The van der Waals surface area contributed by atoms with Gasteiger partial charge in [-0.2, -0.15) is 0 Å². The maximum Gasteiger partial charge on any atom is 0.224 e. The summed E-state index contributed by atoms with van der Waals surface area (Å²) in [5.41, 5.74) is 7.78. The number of nitrogen functional groups attached to an aromatic ring is 1. The number of hydrogen-bond donors (Lipinski definition) is 2. The summed E-state index contributed by atoms with van der Waals surface area (Å²) in [5, 5.41) is 2.99. The number of likely N-dealkylation sites (tertiary alicyclic amines) is 1. The molecule has 1 aromatic carbocycles. The molecule has 1 aromatic rings. The summed E-state index contributed by atoms with van der Waals surface area (Å²) >= 11 is 0. The predicted octanol–water partition coefficient (Wildman–Crippen LogP) is 1.38. The van der Waals surface area contributed by atoms with E-state index >= 15 is 0 Å². The van der Waals surface area contributed by atoms with Gasteiger partial charge in [0, 0.05) is 30.4 Å². The number of nitrogens with zero attached hydrogens (tertiary/aromatic N) is 1. The van der Waals surface area contributed by atoms with Crippen LogP contribution in [0.2, 0.25) is 0 Å². The van der Waals surface area contributed by atoms with E-state index in [0.717, 1.165) is 49.5 Å². The zero-order valence-electron chi connectivity index (χ0n) is 12.5. The van der Waals surface area contributed by atoms with Gasteiger partial charge in [-0.3, -0.25) is 9.69 Å². The molecule has 3 rings (SSSR count). The molecular weight excluding hydrogens is 266 g/mol. The fraction of sp³-hybridized carbons (Fsp3) is 0.562. The van der Waals surface area contributed by atoms with E-state index in [1.807, 2.05) is 25.1 Å². The molecule has 2 aliphatic rings. The Balaban J connectivity index is 1.79. The molecule has 2 saturated heterocycles. The van der Waals surface area contributed by atoms with E-state index in [1.165, 1.54) is 0 Å². The molecule has 2 atom stereocenters. The summed E-state index contributed by atoms with van der Waals surface area (Å²) in [5.74, 6) is 1.25. The average Bonchev–Trinajstić information content (AvgIpc) is 2.85. The molecule has 3 N–H and O–H groups in total. The summed E-state index contributed by atoms with van der Waals surface area (Å²) < 4.78 is 5.70. The smallest absolute Gasteiger partial charge is 0.224 e. The van der Waals surface area contributed by atoms with Gasteiger partial charge in [0.1, 0.15) is 5.75 Å². The van der Waals surface area contributed by atoms with E-state index in [0.29, 0.717) is 12.6 Å². The Morgan fingerprint density at radius 1 is 1.48 bits per heavy atom. The van der Waals surface area contributed by atoms with Gasteiger partial charge in [0.25, 0.3) is 0 Å². The van der Waals surface area contributed by atoms with Crippen molar-refractivity contribution in [3.05, 3.63) is 23.8 Å². The molecule has 0 aromatic heterocycles. The van der Waals surface area contributed by atoms with Crippen molar-refractivity contribution < 1.29 is 9.53 Å². The third-order valence-corrected chi connectivity index (χ3v) is 4.47. The largest absolute Gasteiger partial charge is 0.494 e. The van der Waals surface area contributed by atoms with E-state index in [9.17, 15) is 4.79 Å². The van der Waals surface area contributed by atoms with Gasteiger partial charge in [-0.05, 0) is 44.5 Å². The number of ether oxygens (including phenoxy) is 1. The topological polar surface area (TPSA) is 67.6 Å². The maximum atomic E-state index is 11.8. The second kappa shape index (κ2) is 5.93. The minimum atomic E-state index is 0.148. The first kappa shape index (κ1) is 14.2. The lowest BCUT2D eigenvalue weighted by atomic mass is 9.91. The Morgan fingerprint density at radius 2 is 2.33 bits per heavy atom. The number of amides is 1. The Hall–Kier alpha value is -1.75. The molecule has 114 valence electrons. The molecule has 5 nitrogen and oxygen atoms in total. The molecule has 0 aliphatic carbocycles. The zero-order chi connectivity index (χ0) is 14.8. The van der Waals surface area contributed by atoms with Crippen molar-refractivity contribution in [2.45, 2.75) is 32.4 Å². The second-order valence-corrected chi connectivity index (χ2v) is 5.83. The molecule has 0 radical (unpaired) electrons. The number of carbonyl (C=O) groups excluding carboxylic acids is 1. The monoisotopic (exact) mass is 289 g/mol. The van der Waals surface area contributed by atoms with Crippen LogP contribution >= 0.6 is 0 Å². The van der Waals surface area contributed by atoms with E-state index in [1.54, 1.807) is 0 Å². The van der Waals surface area contributed by atoms with E-state index in [-0.39, 0.29) is 11.8 Å². The first-order valence-electron chi connectivity index (χ1n) is 7.72. The van der Waals surface area contributed by atoms with Crippen LogP contribution in [0.5, 0.6) is 5.75 Å². The van der Waals surface area contributed by atoms with Crippen LogP contribution in [0.1, 0.15) is 25.3 Å². The fourth-order valence-electron chi connectivity index (χ4n) is 3.47. The molecule has 2 heterocycles. The molecular formula is C16H23N3O2. The van der Waals surface area contributed by atoms with Gasteiger partial charge in [0.05, 0.1) is 12.5 Å². The van der Waals surface area contributed by atoms with Crippen LogP contribution < -0.4 is 15.8 Å². The molecule has 2 unspecified atom stereocenters. The average molecular weight is 289 g/mol. The predicted molar refractivity (Wildman–Crippen MR) is 82.0 cm³/mol. The molecule has 2 fully saturated rings. The summed E-state index contributed by atoms with van der Waals surface area (Å²) in [6.45, 7) is 5.20. The molecule has 21 heavy (non-hydrogen) atoms. The number of fused-ring (bicyclic) bond motifs is 1. The zero-order valence-corrected chi connectivity index (χ0v) is 12.5. The highest BCUT2D eigenvalue weighted by Gasteiger charge is 2.40. The highest BCUT2D eigenvalue weighted by molar-refractivity contribution is 5.82. The fourth-order valence-corrected chi connectivity index (χ4v) is 3.47. The van der Waals surface area contributed by atoms with Crippen LogP contribution in [-0.4, -0.2) is 36.5 Å². The van der Waals surface area contributed by atoms with Crippen LogP contribution in [0, 0.1) is 5.92 Å². The molecule has 2 aliphatic heterocycles. The third kappa shape index (κ3) is 2.83. The summed E-state index contributed by atoms with van der Waals surface area (Å²) in [6, 6.07) is 6.10. The second-order valence-electron chi connectivity index (χ2n) is 5.83. The molecule has 5 heteroatoms. The number of benzene rings is 1. The highest BCUT2D eigenvalue weighted by atomic mass is 16.5. The lowest BCUT2D eigenvalue weighted by Gasteiger charge is -2.36. The Morgan fingerprint density at radius 3 is 3.14 bits per heavy atom. The number of rotatable bonds is 4. The van der Waals surface area contributed by atoms with Crippen molar-refractivity contribution in [2.75, 3.05) is 25.4 Å².